The van der Waals surface area contributed by atoms with E-state index < -0.39 is 0 Å². The van der Waals surface area contributed by atoms with Gasteiger partial charge >= 0.3 is 0 Å². The van der Waals surface area contributed by atoms with E-state index in [0.717, 1.165) is 24.0 Å². The molecule has 270 valence electrons. The predicted molar refractivity (Wildman–Crippen MR) is 248 cm³/mol. The minimum absolute atomic E-state index is 0.0994. The first-order chi connectivity index (χ1) is 27.5. The van der Waals surface area contributed by atoms with Gasteiger partial charge in [-0.3, -0.25) is 0 Å². The molecule has 0 saturated carbocycles. The predicted octanol–water partition coefficient (Wildman–Crippen LogP) is 15.9. The quantitative estimate of drug-likeness (QED) is 0.154. The third kappa shape index (κ3) is 6.49. The summed E-state index contributed by atoms with van der Waals surface area (Å²) in [4.78, 5) is 0. The van der Waals surface area contributed by atoms with E-state index in [-0.39, 0.29) is 5.41 Å². The fourth-order valence-electron chi connectivity index (χ4n) is 8.69. The van der Waals surface area contributed by atoms with Gasteiger partial charge in [0, 0.05) is 25.6 Å². The average Bonchev–Trinajstić information content (AvgIpc) is 3.72. The third-order valence-corrected chi connectivity index (χ3v) is 12.5. The summed E-state index contributed by atoms with van der Waals surface area (Å²) in [6.45, 7) is 9.35. The smallest absolute Gasteiger partial charge is 0.0361 e. The summed E-state index contributed by atoms with van der Waals surface area (Å²) in [6.07, 6.45) is 25.7. The maximum Gasteiger partial charge on any atom is 0.0361 e. The Morgan fingerprint density at radius 2 is 1.36 bits per heavy atom. The molecule has 7 aromatic rings. The molecule has 56 heavy (non-hydrogen) atoms. The normalized spacial score (nSPS) is 17.4. The molecular formula is C55H44S. The highest BCUT2D eigenvalue weighted by atomic mass is 32.1. The largest absolute Gasteiger partial charge is 0.135 e. The highest BCUT2D eigenvalue weighted by molar-refractivity contribution is 7.26. The number of hydrogen-bond acceptors (Lipinski definition) is 1. The van der Waals surface area contributed by atoms with Gasteiger partial charge in [-0.2, -0.15) is 0 Å². The zero-order chi connectivity index (χ0) is 38.1. The zero-order valence-electron chi connectivity index (χ0n) is 32.0. The molecule has 9 rings (SSSR count). The first-order valence-corrected chi connectivity index (χ1v) is 20.4. The van der Waals surface area contributed by atoms with E-state index in [9.17, 15) is 0 Å². The van der Waals surface area contributed by atoms with Gasteiger partial charge in [-0.25, -0.2) is 0 Å². The molecule has 0 N–H and O–H groups in total. The molecule has 2 aliphatic rings. The van der Waals surface area contributed by atoms with Gasteiger partial charge in [-0.05, 0) is 103 Å². The fourth-order valence-corrected chi connectivity index (χ4v) is 9.81. The number of allylic oxidation sites excluding steroid dienone is 12. The Morgan fingerprint density at radius 1 is 0.607 bits per heavy atom. The van der Waals surface area contributed by atoms with Crippen LogP contribution < -0.4 is 0 Å². The second kappa shape index (κ2) is 15.1. The number of benzene rings is 5. The second-order valence-electron chi connectivity index (χ2n) is 15.2. The van der Waals surface area contributed by atoms with Gasteiger partial charge < -0.3 is 0 Å². The van der Waals surface area contributed by atoms with Crippen molar-refractivity contribution in [3.8, 4) is 11.1 Å². The molecule has 0 unspecified atom stereocenters. The van der Waals surface area contributed by atoms with Crippen molar-refractivity contribution < 1.29 is 0 Å². The van der Waals surface area contributed by atoms with Crippen molar-refractivity contribution in [2.24, 2.45) is 0 Å². The van der Waals surface area contributed by atoms with Crippen LogP contribution in [0.5, 0.6) is 0 Å². The van der Waals surface area contributed by atoms with E-state index >= 15 is 0 Å². The standard InChI is InChI=1S/C55H44S/c1-38(41-25-13-9-10-14-26-42(44-28-18-17-27-43(41)44)40-23-11-7-5-4-6-8-12-24-40)21-15-16-22-39-31-35-50-49(37-39)47-33-32-45-46(54(47)55(50,2)3)34-36-52-53(45)48-29-19-20-30-51(48)56-52/h4-5,7-22,24-37H,1,6,23H2,2-3H3/b5-4-,10-9?,11-7-,12-8-,13-9?,14-10?,21-15-,22-16+,25-13?,26-14?,40-24+,41-25?,42-26?,43-41?,44-42?. The summed E-state index contributed by atoms with van der Waals surface area (Å²) in [5.74, 6) is 0. The molecule has 0 aliphatic heterocycles. The van der Waals surface area contributed by atoms with Crippen LogP contribution in [0.25, 0.3) is 70.1 Å². The molecule has 2 aliphatic carbocycles. The van der Waals surface area contributed by atoms with Crippen molar-refractivity contribution in [1.82, 2.24) is 0 Å². The lowest BCUT2D eigenvalue weighted by atomic mass is 9.80. The monoisotopic (exact) mass is 736 g/mol. The lowest BCUT2D eigenvalue weighted by molar-refractivity contribution is 0.666. The van der Waals surface area contributed by atoms with Crippen molar-refractivity contribution >= 4 is 70.3 Å². The second-order valence-corrected chi connectivity index (χ2v) is 16.3. The molecule has 1 heterocycles. The van der Waals surface area contributed by atoms with E-state index in [1.54, 1.807) is 0 Å². The van der Waals surface area contributed by atoms with Gasteiger partial charge in [0.15, 0.2) is 0 Å². The van der Waals surface area contributed by atoms with Crippen LogP contribution in [0.4, 0.5) is 0 Å². The lowest BCUT2D eigenvalue weighted by Gasteiger charge is -2.23. The molecule has 0 bridgehead atoms. The Balaban J connectivity index is 1.05. The molecule has 0 nitrogen and oxygen atoms in total. The van der Waals surface area contributed by atoms with E-state index in [1.165, 1.54) is 80.7 Å². The molecule has 0 spiro atoms. The van der Waals surface area contributed by atoms with Gasteiger partial charge in [-0.1, -0.05) is 196 Å². The van der Waals surface area contributed by atoms with Crippen molar-refractivity contribution in [3.63, 3.8) is 0 Å². The summed E-state index contributed by atoms with van der Waals surface area (Å²) in [6, 6.07) is 46.8. The van der Waals surface area contributed by atoms with Crippen molar-refractivity contribution in [2.75, 3.05) is 0 Å². The molecule has 6 aromatic carbocycles. The van der Waals surface area contributed by atoms with Crippen LogP contribution in [0.15, 0.2) is 195 Å². The molecule has 1 aromatic heterocycles. The molecule has 0 radical (unpaired) electrons. The van der Waals surface area contributed by atoms with Crippen molar-refractivity contribution in [3.05, 3.63) is 223 Å². The summed E-state index contributed by atoms with van der Waals surface area (Å²) in [5.41, 5.74) is 11.2. The molecule has 0 fully saturated rings. The highest BCUT2D eigenvalue weighted by Gasteiger charge is 2.37. The van der Waals surface area contributed by atoms with Gasteiger partial charge in [-0.15, -0.1) is 11.3 Å². The van der Waals surface area contributed by atoms with Crippen molar-refractivity contribution in [2.45, 2.75) is 32.1 Å². The van der Waals surface area contributed by atoms with Gasteiger partial charge in [0.1, 0.15) is 0 Å². The Morgan fingerprint density at radius 3 is 2.25 bits per heavy atom. The third-order valence-electron chi connectivity index (χ3n) is 11.4. The maximum atomic E-state index is 4.58. The Bertz CT molecular complexity index is 2950. The molecule has 0 saturated heterocycles. The van der Waals surface area contributed by atoms with E-state index in [4.69, 9.17) is 0 Å². The first kappa shape index (κ1) is 35.4. The van der Waals surface area contributed by atoms with Crippen LogP contribution in [0.1, 0.15) is 54.5 Å². The number of hydrogen-bond donors (Lipinski definition) is 0. The number of thiophene rings is 1. The minimum Gasteiger partial charge on any atom is -0.135 e. The lowest BCUT2D eigenvalue weighted by Crippen LogP contribution is -2.15. The van der Waals surface area contributed by atoms with E-state index in [1.807, 2.05) is 11.3 Å². The maximum absolute atomic E-state index is 4.58. The number of fused-ring (bicyclic) bond motifs is 10. The van der Waals surface area contributed by atoms with Crippen LogP contribution in [0, 0.1) is 0 Å². The molecule has 0 atom stereocenters. The first-order valence-electron chi connectivity index (χ1n) is 19.6. The Kier molecular flexibility index (Phi) is 9.55. The summed E-state index contributed by atoms with van der Waals surface area (Å²) >= 11 is 1.89. The van der Waals surface area contributed by atoms with Crippen LogP contribution >= 0.6 is 11.3 Å². The van der Waals surface area contributed by atoms with Gasteiger partial charge in [0.05, 0.1) is 0 Å². The number of rotatable bonds is 5. The Labute approximate surface area is 334 Å². The van der Waals surface area contributed by atoms with Crippen LogP contribution in [0.2, 0.25) is 0 Å². The summed E-state index contributed by atoms with van der Waals surface area (Å²) < 4.78 is 2.70. The summed E-state index contributed by atoms with van der Waals surface area (Å²) in [7, 11) is 0. The molecule has 1 heteroatoms. The fraction of sp³-hybridized carbons (Fsp3) is 0.0909. The van der Waals surface area contributed by atoms with E-state index in [2.05, 4.69) is 215 Å². The minimum atomic E-state index is -0.0994. The van der Waals surface area contributed by atoms with Crippen LogP contribution in [-0.4, -0.2) is 0 Å². The van der Waals surface area contributed by atoms with E-state index in [0.29, 0.717) is 0 Å². The van der Waals surface area contributed by atoms with Gasteiger partial charge in [0.2, 0.25) is 0 Å². The molecule has 0 amide bonds. The summed E-state index contributed by atoms with van der Waals surface area (Å²) in [5, 5.41) is 7.83. The average molecular weight is 737 g/mol. The zero-order valence-corrected chi connectivity index (χ0v) is 32.8. The van der Waals surface area contributed by atoms with Gasteiger partial charge in [0.25, 0.3) is 0 Å². The highest BCUT2D eigenvalue weighted by Crippen LogP contribution is 2.53. The van der Waals surface area contributed by atoms with Crippen molar-refractivity contribution in [1.29, 1.82) is 0 Å². The van der Waals surface area contributed by atoms with Crippen LogP contribution in [-0.2, 0) is 5.41 Å². The topological polar surface area (TPSA) is 0 Å². The SMILES string of the molecule is C=C(/C=C\C=C\c1ccc2c(c1)-c1ccc3c(ccc4sc5ccccc5c43)c1C2(C)C)c1ccccccc(/C2=C/C=C\C/C=C\C=C/C2)c2ccccc12. The molecular weight excluding hydrogens is 693 g/mol. The van der Waals surface area contributed by atoms with Crippen LogP contribution in [0.3, 0.4) is 0 Å². The Hall–Kier alpha value is -6.28.